The zero-order chi connectivity index (χ0) is 12.1. The van der Waals surface area contributed by atoms with E-state index in [0.29, 0.717) is 12.8 Å². The number of rotatable bonds is 4. The Morgan fingerprint density at radius 2 is 2.31 bits per heavy atom. The summed E-state index contributed by atoms with van der Waals surface area (Å²) in [6.07, 6.45) is 0.991. The van der Waals surface area contributed by atoms with Gasteiger partial charge in [-0.15, -0.1) is 0 Å². The van der Waals surface area contributed by atoms with Gasteiger partial charge < -0.3 is 10.5 Å². The van der Waals surface area contributed by atoms with Gasteiger partial charge in [0.15, 0.2) is 0 Å². The summed E-state index contributed by atoms with van der Waals surface area (Å²) in [4.78, 5) is 11.0. The molecule has 0 saturated carbocycles. The average Bonchev–Trinajstić information content (AvgIpc) is 2.29. The Labute approximate surface area is 98.3 Å². The van der Waals surface area contributed by atoms with Crippen LogP contribution in [0.1, 0.15) is 12.0 Å². The predicted octanol–water partition coefficient (Wildman–Crippen LogP) is 1.91. The van der Waals surface area contributed by atoms with Gasteiger partial charge in [0.05, 0.1) is 12.1 Å². The molecule has 0 heterocycles. The molecule has 88 valence electrons. The van der Waals surface area contributed by atoms with Crippen molar-refractivity contribution in [2.45, 2.75) is 18.9 Å². The third kappa shape index (κ3) is 3.47. The highest BCUT2D eigenvalue weighted by atomic mass is 35.5. The highest BCUT2D eigenvalue weighted by Crippen LogP contribution is 2.17. The first-order valence-electron chi connectivity index (χ1n) is 4.82. The normalized spacial score (nSPS) is 12.2. The van der Waals surface area contributed by atoms with E-state index >= 15 is 0 Å². The predicted molar refractivity (Wildman–Crippen MR) is 59.7 cm³/mol. The summed E-state index contributed by atoms with van der Waals surface area (Å²) in [5.74, 6) is -0.907. The lowest BCUT2D eigenvalue weighted by Crippen LogP contribution is -2.31. The highest BCUT2D eigenvalue weighted by Gasteiger charge is 2.13. The molecule has 1 aromatic carbocycles. The Hall–Kier alpha value is -1.13. The first-order chi connectivity index (χ1) is 7.54. The zero-order valence-corrected chi connectivity index (χ0v) is 9.63. The Balaban J connectivity index is 2.55. The number of halogens is 2. The minimum atomic E-state index is -0.658. The average molecular weight is 246 g/mol. The number of hydrogen-bond donors (Lipinski definition) is 1. The van der Waals surface area contributed by atoms with Crippen LogP contribution in [-0.4, -0.2) is 19.1 Å². The number of aryl methyl sites for hydroxylation is 1. The van der Waals surface area contributed by atoms with E-state index in [0.717, 1.165) is 5.56 Å². The second-order valence-electron chi connectivity index (χ2n) is 3.42. The van der Waals surface area contributed by atoms with Gasteiger partial charge in [0, 0.05) is 0 Å². The molecule has 1 aromatic rings. The van der Waals surface area contributed by atoms with Gasteiger partial charge in [-0.1, -0.05) is 17.7 Å². The van der Waals surface area contributed by atoms with E-state index in [1.54, 1.807) is 6.07 Å². The first kappa shape index (κ1) is 12.9. The van der Waals surface area contributed by atoms with Crippen LogP contribution in [0.3, 0.4) is 0 Å². The van der Waals surface area contributed by atoms with Crippen LogP contribution >= 0.6 is 11.6 Å². The van der Waals surface area contributed by atoms with E-state index in [1.807, 2.05) is 0 Å². The maximum Gasteiger partial charge on any atom is 0.322 e. The van der Waals surface area contributed by atoms with E-state index in [4.69, 9.17) is 17.3 Å². The molecule has 0 spiro atoms. The molecule has 0 aliphatic rings. The lowest BCUT2D eigenvalue weighted by molar-refractivity contribution is -0.142. The van der Waals surface area contributed by atoms with Gasteiger partial charge in [-0.05, 0) is 30.5 Å². The summed E-state index contributed by atoms with van der Waals surface area (Å²) in [5.41, 5.74) is 6.40. The van der Waals surface area contributed by atoms with Crippen LogP contribution in [0, 0.1) is 5.82 Å². The topological polar surface area (TPSA) is 52.3 Å². The van der Waals surface area contributed by atoms with Crippen molar-refractivity contribution in [3.8, 4) is 0 Å². The molecule has 16 heavy (non-hydrogen) atoms. The lowest BCUT2D eigenvalue weighted by Gasteiger charge is -2.09. The van der Waals surface area contributed by atoms with Crippen molar-refractivity contribution >= 4 is 17.6 Å². The summed E-state index contributed by atoms with van der Waals surface area (Å²) >= 11 is 5.62. The van der Waals surface area contributed by atoms with Crippen molar-refractivity contribution in [1.29, 1.82) is 0 Å². The van der Waals surface area contributed by atoms with Crippen molar-refractivity contribution < 1.29 is 13.9 Å². The smallest absolute Gasteiger partial charge is 0.322 e. The quantitative estimate of drug-likeness (QED) is 0.825. The van der Waals surface area contributed by atoms with Gasteiger partial charge in [-0.3, -0.25) is 4.79 Å². The summed E-state index contributed by atoms with van der Waals surface area (Å²) in [7, 11) is 1.29. The molecular formula is C11H13ClFNO2. The summed E-state index contributed by atoms with van der Waals surface area (Å²) in [6, 6.07) is 3.78. The fraction of sp³-hybridized carbons (Fsp3) is 0.364. The molecule has 0 aromatic heterocycles. The largest absolute Gasteiger partial charge is 0.468 e. The molecule has 0 amide bonds. The molecule has 0 fully saturated rings. The van der Waals surface area contributed by atoms with Gasteiger partial charge in [0.1, 0.15) is 11.9 Å². The summed E-state index contributed by atoms with van der Waals surface area (Å²) < 4.78 is 17.3. The monoisotopic (exact) mass is 245 g/mol. The van der Waals surface area contributed by atoms with Crippen LogP contribution in [-0.2, 0) is 16.0 Å². The van der Waals surface area contributed by atoms with E-state index in [9.17, 15) is 9.18 Å². The van der Waals surface area contributed by atoms with Gasteiger partial charge in [-0.2, -0.15) is 0 Å². The lowest BCUT2D eigenvalue weighted by atomic mass is 10.1. The first-order valence-corrected chi connectivity index (χ1v) is 5.19. The molecule has 2 N–H and O–H groups in total. The van der Waals surface area contributed by atoms with Crippen molar-refractivity contribution in [3.63, 3.8) is 0 Å². The number of esters is 1. The van der Waals surface area contributed by atoms with Crippen molar-refractivity contribution in [2.24, 2.45) is 5.73 Å². The molecule has 0 aliphatic carbocycles. The van der Waals surface area contributed by atoms with Crippen LogP contribution in [0.15, 0.2) is 18.2 Å². The molecule has 1 atom stereocenters. The number of nitrogens with two attached hydrogens (primary N) is 1. The number of hydrogen-bond acceptors (Lipinski definition) is 3. The molecule has 0 saturated heterocycles. The Morgan fingerprint density at radius 3 is 2.88 bits per heavy atom. The maximum atomic E-state index is 12.8. The standard InChI is InChI=1S/C11H13ClFNO2/c1-16-11(15)10(14)5-3-7-2-4-9(13)8(12)6-7/h2,4,6,10H,3,5,14H2,1H3. The number of carbonyl (C=O) groups excluding carboxylic acids is 1. The Bertz CT molecular complexity index is 384. The fourth-order valence-electron chi connectivity index (χ4n) is 1.29. The van der Waals surface area contributed by atoms with Crippen molar-refractivity contribution in [3.05, 3.63) is 34.6 Å². The minimum absolute atomic E-state index is 0.0733. The SMILES string of the molecule is COC(=O)C(N)CCc1ccc(F)c(Cl)c1. The van der Waals surface area contributed by atoms with Crippen LogP contribution in [0.2, 0.25) is 5.02 Å². The summed E-state index contributed by atoms with van der Waals surface area (Å²) in [5, 5.41) is 0.0733. The minimum Gasteiger partial charge on any atom is -0.468 e. The third-order valence-corrected chi connectivity index (χ3v) is 2.52. The number of ether oxygens (including phenoxy) is 1. The second-order valence-corrected chi connectivity index (χ2v) is 3.82. The summed E-state index contributed by atoms with van der Waals surface area (Å²) in [6.45, 7) is 0. The molecule has 3 nitrogen and oxygen atoms in total. The van der Waals surface area contributed by atoms with Gasteiger partial charge >= 0.3 is 5.97 Å². The van der Waals surface area contributed by atoms with Gasteiger partial charge in [-0.25, -0.2) is 4.39 Å². The van der Waals surface area contributed by atoms with Crippen molar-refractivity contribution in [1.82, 2.24) is 0 Å². The van der Waals surface area contributed by atoms with E-state index < -0.39 is 17.8 Å². The van der Waals surface area contributed by atoms with E-state index in [2.05, 4.69) is 4.74 Å². The van der Waals surface area contributed by atoms with Gasteiger partial charge in [0.25, 0.3) is 0 Å². The van der Waals surface area contributed by atoms with Crippen molar-refractivity contribution in [2.75, 3.05) is 7.11 Å². The second kappa shape index (κ2) is 5.82. The molecule has 1 unspecified atom stereocenters. The number of methoxy groups -OCH3 is 1. The van der Waals surface area contributed by atoms with Gasteiger partial charge in [0.2, 0.25) is 0 Å². The Kier molecular flexibility index (Phi) is 4.71. The van der Waals surface area contributed by atoms with Crippen LogP contribution in [0.5, 0.6) is 0 Å². The van der Waals surface area contributed by atoms with Crippen LogP contribution in [0.4, 0.5) is 4.39 Å². The molecule has 0 aliphatic heterocycles. The molecular weight excluding hydrogens is 233 g/mol. The highest BCUT2D eigenvalue weighted by molar-refractivity contribution is 6.30. The van der Waals surface area contributed by atoms with E-state index in [1.165, 1.54) is 19.2 Å². The number of carbonyl (C=O) groups is 1. The third-order valence-electron chi connectivity index (χ3n) is 2.23. The molecule has 0 radical (unpaired) electrons. The van der Waals surface area contributed by atoms with Crippen LogP contribution < -0.4 is 5.73 Å². The molecule has 1 rings (SSSR count). The van der Waals surface area contributed by atoms with Crippen LogP contribution in [0.25, 0.3) is 0 Å². The fourth-order valence-corrected chi connectivity index (χ4v) is 1.49. The van der Waals surface area contributed by atoms with E-state index in [-0.39, 0.29) is 5.02 Å². The maximum absolute atomic E-state index is 12.8. The molecule has 0 bridgehead atoms. The number of benzene rings is 1. The Morgan fingerprint density at radius 1 is 1.62 bits per heavy atom. The molecule has 5 heteroatoms. The zero-order valence-electron chi connectivity index (χ0n) is 8.87.